The second-order valence-electron chi connectivity index (χ2n) is 4.30. The maximum Gasteiger partial charge on any atom is 0.188 e. The van der Waals surface area contributed by atoms with E-state index in [0.29, 0.717) is 25.0 Å². The Morgan fingerprint density at radius 3 is 2.87 bits per heavy atom. The fourth-order valence-electron chi connectivity index (χ4n) is 1.77. The van der Waals surface area contributed by atoms with Gasteiger partial charge in [-0.2, -0.15) is 0 Å². The molecular formula is C11H21N3O. The van der Waals surface area contributed by atoms with Crippen LogP contribution in [0.4, 0.5) is 0 Å². The molecule has 1 fully saturated rings. The topological polar surface area (TPSA) is 70.6 Å². The van der Waals surface area contributed by atoms with E-state index in [-0.39, 0.29) is 6.10 Å². The van der Waals surface area contributed by atoms with Gasteiger partial charge in [0.15, 0.2) is 5.96 Å². The highest BCUT2D eigenvalue weighted by Crippen LogP contribution is 2.24. The first-order chi connectivity index (χ1) is 7.09. The average molecular weight is 211 g/mol. The van der Waals surface area contributed by atoms with E-state index < -0.39 is 0 Å². The first kappa shape index (κ1) is 12.0. The van der Waals surface area contributed by atoms with Crippen LogP contribution in [0.5, 0.6) is 0 Å². The van der Waals surface area contributed by atoms with E-state index in [4.69, 9.17) is 5.73 Å². The van der Waals surface area contributed by atoms with Gasteiger partial charge in [-0.25, -0.2) is 4.99 Å². The number of guanidine groups is 1. The lowest BCUT2D eigenvalue weighted by molar-refractivity contribution is 0.134. The van der Waals surface area contributed by atoms with Crippen LogP contribution < -0.4 is 11.1 Å². The summed E-state index contributed by atoms with van der Waals surface area (Å²) in [5, 5.41) is 12.6. The summed E-state index contributed by atoms with van der Waals surface area (Å²) >= 11 is 0. The molecule has 0 bridgehead atoms. The van der Waals surface area contributed by atoms with Crippen LogP contribution in [0.1, 0.15) is 26.2 Å². The zero-order chi connectivity index (χ0) is 11.3. The Morgan fingerprint density at radius 2 is 2.33 bits per heavy atom. The zero-order valence-corrected chi connectivity index (χ0v) is 9.37. The Balaban J connectivity index is 2.24. The zero-order valence-electron chi connectivity index (χ0n) is 9.37. The van der Waals surface area contributed by atoms with Gasteiger partial charge in [0.1, 0.15) is 0 Å². The lowest BCUT2D eigenvalue weighted by atomic mass is 10.1. The summed E-state index contributed by atoms with van der Waals surface area (Å²) in [5.74, 6) is 0.765. The molecule has 15 heavy (non-hydrogen) atoms. The van der Waals surface area contributed by atoms with Crippen molar-refractivity contribution in [3.63, 3.8) is 0 Å². The van der Waals surface area contributed by atoms with Crippen LogP contribution in [-0.4, -0.2) is 30.3 Å². The molecule has 0 aromatic carbocycles. The summed E-state index contributed by atoms with van der Waals surface area (Å²) in [4.78, 5) is 4.11. The standard InChI is InChI=1S/C11H21N3O/c1-8(2)6-13-11(12)14-7-9-4-3-5-10(9)15/h9-10,15H,1,3-7H2,2H3,(H3,12,13,14). The third kappa shape index (κ3) is 4.34. The highest BCUT2D eigenvalue weighted by molar-refractivity contribution is 5.77. The second kappa shape index (κ2) is 5.75. The number of rotatable bonds is 4. The highest BCUT2D eigenvalue weighted by atomic mass is 16.3. The molecule has 0 spiro atoms. The first-order valence-corrected chi connectivity index (χ1v) is 5.46. The molecule has 0 radical (unpaired) electrons. The maximum absolute atomic E-state index is 9.59. The fraction of sp³-hybridized carbons (Fsp3) is 0.727. The number of nitrogens with one attached hydrogen (secondary N) is 1. The Kier molecular flexibility index (Phi) is 4.62. The van der Waals surface area contributed by atoms with Gasteiger partial charge >= 0.3 is 0 Å². The molecule has 0 heterocycles. The Labute approximate surface area is 91.3 Å². The Bertz CT molecular complexity index is 250. The molecule has 0 amide bonds. The quantitative estimate of drug-likeness (QED) is 0.363. The SMILES string of the molecule is C=C(C)CN=C(N)NCC1CCCC1O. The third-order valence-corrected chi connectivity index (χ3v) is 2.68. The minimum Gasteiger partial charge on any atom is -0.393 e. The van der Waals surface area contributed by atoms with Crippen LogP contribution in [0, 0.1) is 5.92 Å². The fourth-order valence-corrected chi connectivity index (χ4v) is 1.77. The van der Waals surface area contributed by atoms with Gasteiger partial charge in [-0.1, -0.05) is 18.6 Å². The summed E-state index contributed by atoms with van der Waals surface area (Å²) in [6.07, 6.45) is 2.92. The minimum atomic E-state index is -0.175. The molecule has 86 valence electrons. The molecule has 0 saturated heterocycles. The van der Waals surface area contributed by atoms with E-state index in [1.165, 1.54) is 0 Å². The number of aliphatic imine (C=N–C) groups is 1. The van der Waals surface area contributed by atoms with Crippen LogP contribution in [-0.2, 0) is 0 Å². The summed E-state index contributed by atoms with van der Waals surface area (Å²) in [5.41, 5.74) is 6.65. The predicted octanol–water partition coefficient (Wildman–Crippen LogP) is 0.628. The smallest absolute Gasteiger partial charge is 0.188 e. The van der Waals surface area contributed by atoms with E-state index in [9.17, 15) is 5.11 Å². The number of hydrogen-bond acceptors (Lipinski definition) is 2. The van der Waals surface area contributed by atoms with Crippen molar-refractivity contribution < 1.29 is 5.11 Å². The molecule has 0 aromatic heterocycles. The van der Waals surface area contributed by atoms with Gasteiger partial charge < -0.3 is 16.2 Å². The Morgan fingerprint density at radius 1 is 1.60 bits per heavy atom. The summed E-state index contributed by atoms with van der Waals surface area (Å²) in [6, 6.07) is 0. The van der Waals surface area contributed by atoms with Crippen molar-refractivity contribution in [2.24, 2.45) is 16.6 Å². The summed E-state index contributed by atoms with van der Waals surface area (Å²) in [6.45, 7) is 6.94. The van der Waals surface area contributed by atoms with Crippen LogP contribution in [0.25, 0.3) is 0 Å². The number of hydrogen-bond donors (Lipinski definition) is 3. The molecule has 1 aliphatic carbocycles. The van der Waals surface area contributed by atoms with Crippen molar-refractivity contribution in [3.05, 3.63) is 12.2 Å². The van der Waals surface area contributed by atoms with Gasteiger partial charge in [0, 0.05) is 12.5 Å². The summed E-state index contributed by atoms with van der Waals surface area (Å²) in [7, 11) is 0. The van der Waals surface area contributed by atoms with Crippen molar-refractivity contribution >= 4 is 5.96 Å². The van der Waals surface area contributed by atoms with Gasteiger partial charge in [-0.15, -0.1) is 0 Å². The molecule has 2 atom stereocenters. The molecular weight excluding hydrogens is 190 g/mol. The van der Waals surface area contributed by atoms with Gasteiger partial charge in [-0.3, -0.25) is 0 Å². The minimum absolute atomic E-state index is 0.175. The van der Waals surface area contributed by atoms with Gasteiger partial charge in [0.2, 0.25) is 0 Å². The molecule has 4 nitrogen and oxygen atoms in total. The normalized spacial score (nSPS) is 26.7. The number of nitrogens with two attached hydrogens (primary N) is 1. The second-order valence-corrected chi connectivity index (χ2v) is 4.30. The molecule has 1 aliphatic rings. The van der Waals surface area contributed by atoms with E-state index in [0.717, 1.165) is 24.8 Å². The molecule has 0 aromatic rings. The molecule has 4 N–H and O–H groups in total. The molecule has 1 saturated carbocycles. The molecule has 1 rings (SSSR count). The monoisotopic (exact) mass is 211 g/mol. The van der Waals surface area contributed by atoms with Crippen molar-refractivity contribution in [3.8, 4) is 0 Å². The maximum atomic E-state index is 9.59. The van der Waals surface area contributed by atoms with Crippen molar-refractivity contribution in [2.45, 2.75) is 32.3 Å². The van der Waals surface area contributed by atoms with Crippen LogP contribution in [0.2, 0.25) is 0 Å². The number of aliphatic hydroxyl groups is 1. The Hall–Kier alpha value is -1.03. The van der Waals surface area contributed by atoms with E-state index in [1.807, 2.05) is 6.92 Å². The first-order valence-electron chi connectivity index (χ1n) is 5.46. The lowest BCUT2D eigenvalue weighted by Crippen LogP contribution is -2.37. The third-order valence-electron chi connectivity index (χ3n) is 2.68. The van der Waals surface area contributed by atoms with E-state index in [1.54, 1.807) is 0 Å². The van der Waals surface area contributed by atoms with Crippen LogP contribution >= 0.6 is 0 Å². The van der Waals surface area contributed by atoms with E-state index >= 15 is 0 Å². The van der Waals surface area contributed by atoms with Crippen molar-refractivity contribution in [1.29, 1.82) is 0 Å². The predicted molar refractivity (Wildman–Crippen MR) is 62.7 cm³/mol. The number of aliphatic hydroxyl groups excluding tert-OH is 1. The van der Waals surface area contributed by atoms with Gasteiger partial charge in [0.05, 0.1) is 12.6 Å². The average Bonchev–Trinajstić information content (AvgIpc) is 2.58. The highest BCUT2D eigenvalue weighted by Gasteiger charge is 2.24. The number of nitrogens with zero attached hydrogens (tertiary/aromatic N) is 1. The van der Waals surface area contributed by atoms with Gasteiger partial charge in [-0.05, 0) is 19.8 Å². The molecule has 4 heteroatoms. The molecule has 0 aliphatic heterocycles. The van der Waals surface area contributed by atoms with Crippen molar-refractivity contribution in [1.82, 2.24) is 5.32 Å². The van der Waals surface area contributed by atoms with Crippen LogP contribution in [0.15, 0.2) is 17.1 Å². The lowest BCUT2D eigenvalue weighted by Gasteiger charge is -2.15. The molecule has 2 unspecified atom stereocenters. The van der Waals surface area contributed by atoms with Crippen LogP contribution in [0.3, 0.4) is 0 Å². The summed E-state index contributed by atoms with van der Waals surface area (Å²) < 4.78 is 0. The largest absolute Gasteiger partial charge is 0.393 e. The van der Waals surface area contributed by atoms with Crippen molar-refractivity contribution in [2.75, 3.05) is 13.1 Å². The van der Waals surface area contributed by atoms with E-state index in [2.05, 4.69) is 16.9 Å². The van der Waals surface area contributed by atoms with Gasteiger partial charge in [0.25, 0.3) is 0 Å².